The lowest BCUT2D eigenvalue weighted by atomic mass is 10.00. The normalized spacial score (nSPS) is 15.5. The zero-order valence-electron chi connectivity index (χ0n) is 22.5. The van der Waals surface area contributed by atoms with Crippen LogP contribution in [0.5, 0.6) is 5.75 Å². The van der Waals surface area contributed by atoms with Crippen LogP contribution in [0.25, 0.3) is 0 Å². The topological polar surface area (TPSA) is 61.9 Å². The largest absolute Gasteiger partial charge is 0.491 e. The van der Waals surface area contributed by atoms with Crippen LogP contribution in [-0.4, -0.2) is 48.0 Å². The van der Waals surface area contributed by atoms with Crippen molar-refractivity contribution >= 4 is 40.6 Å². The van der Waals surface area contributed by atoms with E-state index in [0.717, 1.165) is 29.7 Å². The molecule has 0 unspecified atom stereocenters. The third-order valence-electron chi connectivity index (χ3n) is 7.06. The zero-order chi connectivity index (χ0) is 27.2. The second kappa shape index (κ2) is 12.7. The van der Waals surface area contributed by atoms with Crippen LogP contribution < -0.4 is 10.1 Å². The van der Waals surface area contributed by atoms with Gasteiger partial charge >= 0.3 is 6.03 Å². The Bertz CT molecular complexity index is 1280. The van der Waals surface area contributed by atoms with Crippen molar-refractivity contribution in [1.82, 2.24) is 9.80 Å². The molecule has 0 saturated carbocycles. The van der Waals surface area contributed by atoms with Gasteiger partial charge in [-0.3, -0.25) is 4.79 Å². The summed E-state index contributed by atoms with van der Waals surface area (Å²) >= 11 is 7.83. The Morgan fingerprint density at radius 1 is 1.21 bits per heavy atom. The second-order valence-corrected chi connectivity index (χ2v) is 11.5. The number of nitrogens with zero attached hydrogens (tertiary/aromatic N) is 2. The molecule has 0 fully saturated rings. The molecule has 6 nitrogen and oxygen atoms in total. The van der Waals surface area contributed by atoms with Gasteiger partial charge in [-0.25, -0.2) is 4.79 Å². The van der Waals surface area contributed by atoms with Gasteiger partial charge in [0.25, 0.3) is 0 Å². The SMILES string of the molecule is CC[C@H](C)CN(CC(=O)N1CCc2sccc2[C@@H]1COc1ccc(C)cc1C)C(=O)Nc1cccc(Cl)c1. The summed E-state index contributed by atoms with van der Waals surface area (Å²) in [5.41, 5.74) is 3.99. The lowest BCUT2D eigenvalue weighted by molar-refractivity contribution is -0.135. The van der Waals surface area contributed by atoms with Gasteiger partial charge in [0.2, 0.25) is 5.91 Å². The highest BCUT2D eigenvalue weighted by molar-refractivity contribution is 7.10. The number of carbonyl (C=O) groups excluding carboxylic acids is 2. The molecule has 1 aliphatic rings. The fourth-order valence-electron chi connectivity index (χ4n) is 4.75. The highest BCUT2D eigenvalue weighted by atomic mass is 35.5. The summed E-state index contributed by atoms with van der Waals surface area (Å²) < 4.78 is 6.27. The number of amides is 3. The molecular weight excluding hydrogens is 518 g/mol. The van der Waals surface area contributed by atoms with Crippen LogP contribution >= 0.6 is 22.9 Å². The van der Waals surface area contributed by atoms with Crippen molar-refractivity contribution in [2.45, 2.75) is 46.6 Å². The van der Waals surface area contributed by atoms with E-state index in [1.807, 2.05) is 24.0 Å². The van der Waals surface area contributed by atoms with E-state index in [4.69, 9.17) is 16.3 Å². The molecular formula is C30H36ClN3O3S. The summed E-state index contributed by atoms with van der Waals surface area (Å²) in [6, 6.07) is 14.7. The molecule has 2 atom stereocenters. The van der Waals surface area contributed by atoms with Crippen molar-refractivity contribution in [2.24, 2.45) is 5.92 Å². The number of anilines is 1. The van der Waals surface area contributed by atoms with Gasteiger partial charge < -0.3 is 19.9 Å². The number of halogens is 1. The first-order valence-corrected chi connectivity index (χ1v) is 14.4. The molecule has 202 valence electrons. The Kier molecular flexibility index (Phi) is 9.34. The minimum absolute atomic E-state index is 0.00370. The summed E-state index contributed by atoms with van der Waals surface area (Å²) in [6.45, 7) is 9.70. The maximum absolute atomic E-state index is 13.8. The number of urea groups is 1. The van der Waals surface area contributed by atoms with Crippen molar-refractivity contribution in [3.05, 3.63) is 80.5 Å². The second-order valence-electron chi connectivity index (χ2n) is 10.1. The first kappa shape index (κ1) is 28.0. The number of benzene rings is 2. The maximum atomic E-state index is 13.8. The average Bonchev–Trinajstić information content (AvgIpc) is 3.36. The molecule has 1 aliphatic heterocycles. The number of rotatable bonds is 9. The Hall–Kier alpha value is -3.03. The Balaban J connectivity index is 1.52. The lowest BCUT2D eigenvalue weighted by Crippen LogP contribution is -2.49. The zero-order valence-corrected chi connectivity index (χ0v) is 24.1. The molecule has 0 saturated heterocycles. The molecule has 4 rings (SSSR count). The number of ether oxygens (including phenoxy) is 1. The van der Waals surface area contributed by atoms with Gasteiger partial charge in [-0.05, 0) is 73.0 Å². The van der Waals surface area contributed by atoms with E-state index >= 15 is 0 Å². The van der Waals surface area contributed by atoms with E-state index in [2.05, 4.69) is 43.6 Å². The van der Waals surface area contributed by atoms with E-state index in [1.165, 1.54) is 10.4 Å². The predicted octanol–water partition coefficient (Wildman–Crippen LogP) is 7.10. The van der Waals surface area contributed by atoms with Crippen LogP contribution in [0.15, 0.2) is 53.9 Å². The molecule has 3 amide bonds. The van der Waals surface area contributed by atoms with E-state index < -0.39 is 0 Å². The van der Waals surface area contributed by atoms with E-state index in [0.29, 0.717) is 30.4 Å². The van der Waals surface area contributed by atoms with Gasteiger partial charge in [0.15, 0.2) is 0 Å². The number of carbonyl (C=O) groups is 2. The Morgan fingerprint density at radius 2 is 2.03 bits per heavy atom. The number of nitrogens with one attached hydrogen (secondary N) is 1. The number of fused-ring (bicyclic) bond motifs is 1. The fraction of sp³-hybridized carbons (Fsp3) is 0.400. The number of hydrogen-bond donors (Lipinski definition) is 1. The lowest BCUT2D eigenvalue weighted by Gasteiger charge is -2.37. The van der Waals surface area contributed by atoms with Crippen molar-refractivity contribution in [2.75, 3.05) is 31.6 Å². The number of thiophene rings is 1. The third kappa shape index (κ3) is 6.88. The first-order chi connectivity index (χ1) is 18.2. The quantitative estimate of drug-likeness (QED) is 0.307. The average molecular weight is 554 g/mol. The maximum Gasteiger partial charge on any atom is 0.322 e. The molecule has 8 heteroatoms. The van der Waals surface area contributed by atoms with Crippen molar-refractivity contribution in [1.29, 1.82) is 0 Å². The molecule has 38 heavy (non-hydrogen) atoms. The standard InChI is InChI=1S/C30H36ClN3O3S/c1-5-20(2)17-33(30(36)32-24-8-6-7-23(31)16-24)18-29(35)34-13-11-28-25(12-14-38-28)26(34)19-37-27-10-9-21(3)15-22(27)4/h6-10,12,14-16,20,26H,5,11,13,17-19H2,1-4H3,(H,32,36)/t20-,26-/m0/s1. The highest BCUT2D eigenvalue weighted by Crippen LogP contribution is 2.34. The van der Waals surface area contributed by atoms with Gasteiger partial charge in [-0.1, -0.05) is 55.6 Å². The van der Waals surface area contributed by atoms with E-state index in [-0.39, 0.29) is 30.4 Å². The van der Waals surface area contributed by atoms with Gasteiger partial charge in [0.1, 0.15) is 18.9 Å². The van der Waals surface area contributed by atoms with Crippen LogP contribution in [0.2, 0.25) is 5.02 Å². The number of hydrogen-bond acceptors (Lipinski definition) is 4. The summed E-state index contributed by atoms with van der Waals surface area (Å²) in [5.74, 6) is 0.992. The minimum atomic E-state index is -0.308. The molecule has 1 N–H and O–H groups in total. The third-order valence-corrected chi connectivity index (χ3v) is 8.29. The van der Waals surface area contributed by atoms with E-state index in [1.54, 1.807) is 40.5 Å². The molecule has 0 bridgehead atoms. The first-order valence-electron chi connectivity index (χ1n) is 13.1. The summed E-state index contributed by atoms with van der Waals surface area (Å²) in [7, 11) is 0. The Labute approximate surface area is 234 Å². The molecule has 2 heterocycles. The Morgan fingerprint density at radius 3 is 2.76 bits per heavy atom. The van der Waals surface area contributed by atoms with Crippen LogP contribution in [0.1, 0.15) is 47.9 Å². The molecule has 2 aromatic carbocycles. The van der Waals surface area contributed by atoms with Crippen LogP contribution in [0.4, 0.5) is 10.5 Å². The summed E-state index contributed by atoms with van der Waals surface area (Å²) in [5, 5.41) is 5.53. The molecule has 3 aromatic rings. The van der Waals surface area contributed by atoms with Crippen molar-refractivity contribution in [3.8, 4) is 5.75 Å². The van der Waals surface area contributed by atoms with Gasteiger partial charge in [0.05, 0.1) is 6.04 Å². The summed E-state index contributed by atoms with van der Waals surface area (Å²) in [6.07, 6.45) is 1.71. The molecule has 0 aliphatic carbocycles. The fourth-order valence-corrected chi connectivity index (χ4v) is 5.87. The molecule has 1 aromatic heterocycles. The smallest absolute Gasteiger partial charge is 0.322 e. The van der Waals surface area contributed by atoms with Crippen molar-refractivity contribution < 1.29 is 14.3 Å². The predicted molar refractivity (Wildman–Crippen MR) is 155 cm³/mol. The molecule has 0 spiro atoms. The van der Waals surface area contributed by atoms with Crippen LogP contribution in [-0.2, 0) is 11.2 Å². The van der Waals surface area contributed by atoms with Crippen LogP contribution in [0, 0.1) is 19.8 Å². The van der Waals surface area contributed by atoms with Gasteiger partial charge in [-0.15, -0.1) is 11.3 Å². The van der Waals surface area contributed by atoms with Crippen molar-refractivity contribution in [3.63, 3.8) is 0 Å². The highest BCUT2D eigenvalue weighted by Gasteiger charge is 2.34. The van der Waals surface area contributed by atoms with Gasteiger partial charge in [-0.2, -0.15) is 0 Å². The molecule has 0 radical (unpaired) electrons. The number of aryl methyl sites for hydroxylation is 2. The van der Waals surface area contributed by atoms with Gasteiger partial charge in [0, 0.05) is 28.7 Å². The van der Waals surface area contributed by atoms with E-state index in [9.17, 15) is 9.59 Å². The minimum Gasteiger partial charge on any atom is -0.491 e. The summed E-state index contributed by atoms with van der Waals surface area (Å²) in [4.78, 5) is 31.9. The monoisotopic (exact) mass is 553 g/mol. The van der Waals surface area contributed by atoms with Crippen LogP contribution in [0.3, 0.4) is 0 Å².